The first-order valence-corrected chi connectivity index (χ1v) is 8.26. The molecule has 0 heterocycles. The van der Waals surface area contributed by atoms with E-state index in [1.54, 1.807) is 0 Å². The van der Waals surface area contributed by atoms with Crippen molar-refractivity contribution in [2.75, 3.05) is 12.3 Å². The molecule has 1 unspecified atom stereocenters. The Labute approximate surface area is 130 Å². The molecule has 1 amide bonds. The maximum absolute atomic E-state index is 11.7. The van der Waals surface area contributed by atoms with Crippen molar-refractivity contribution >= 4 is 23.6 Å². The van der Waals surface area contributed by atoms with Crippen LogP contribution in [0, 0.1) is 5.92 Å². The number of nitrogens with one attached hydrogen (secondary N) is 1. The van der Waals surface area contributed by atoms with Crippen LogP contribution in [-0.4, -0.2) is 29.3 Å². The number of carboxylic acids is 1. The number of carbonyl (C=O) groups excluding carboxylic acids is 1. The van der Waals surface area contributed by atoms with Gasteiger partial charge in [0.15, 0.2) is 0 Å². The average molecular weight is 309 g/mol. The van der Waals surface area contributed by atoms with Gasteiger partial charge >= 0.3 is 5.97 Å². The highest BCUT2D eigenvalue weighted by molar-refractivity contribution is 8.00. The molecule has 4 nitrogen and oxygen atoms in total. The highest BCUT2D eigenvalue weighted by Gasteiger charge is 2.09. The SMILES string of the molecule is CCC(CCNC(=O)CSc1ccccc1)CCC(=O)O. The summed E-state index contributed by atoms with van der Waals surface area (Å²) >= 11 is 1.52. The number of rotatable bonds is 10. The minimum absolute atomic E-state index is 0.0249. The molecule has 0 spiro atoms. The third-order valence-electron chi connectivity index (χ3n) is 3.33. The molecule has 0 bridgehead atoms. The monoisotopic (exact) mass is 309 g/mol. The van der Waals surface area contributed by atoms with Gasteiger partial charge in [-0.2, -0.15) is 0 Å². The number of carboxylic acid groups (broad SMARTS) is 1. The summed E-state index contributed by atoms with van der Waals surface area (Å²) in [4.78, 5) is 23.4. The van der Waals surface area contributed by atoms with Gasteiger partial charge in [-0.3, -0.25) is 9.59 Å². The van der Waals surface area contributed by atoms with Crippen molar-refractivity contribution in [3.63, 3.8) is 0 Å². The zero-order valence-corrected chi connectivity index (χ0v) is 13.2. The van der Waals surface area contributed by atoms with E-state index in [-0.39, 0.29) is 12.3 Å². The summed E-state index contributed by atoms with van der Waals surface area (Å²) in [5, 5.41) is 11.6. The predicted molar refractivity (Wildman–Crippen MR) is 85.4 cm³/mol. The van der Waals surface area contributed by atoms with Gasteiger partial charge in [0.05, 0.1) is 5.75 Å². The molecule has 5 heteroatoms. The Morgan fingerprint density at radius 1 is 1.24 bits per heavy atom. The second-order valence-corrected chi connectivity index (χ2v) is 6.00. The second kappa shape index (κ2) is 10.3. The first-order valence-electron chi connectivity index (χ1n) is 7.28. The Morgan fingerprint density at radius 3 is 2.57 bits per heavy atom. The van der Waals surface area contributed by atoms with Crippen LogP contribution in [0.25, 0.3) is 0 Å². The van der Waals surface area contributed by atoms with Crippen molar-refractivity contribution in [3.05, 3.63) is 30.3 Å². The van der Waals surface area contributed by atoms with Gasteiger partial charge in [-0.1, -0.05) is 31.5 Å². The van der Waals surface area contributed by atoms with Crippen LogP contribution in [0.15, 0.2) is 35.2 Å². The van der Waals surface area contributed by atoms with Crippen molar-refractivity contribution in [2.45, 2.75) is 37.5 Å². The number of benzene rings is 1. The molecule has 0 aliphatic carbocycles. The highest BCUT2D eigenvalue weighted by Crippen LogP contribution is 2.17. The minimum Gasteiger partial charge on any atom is -0.481 e. The van der Waals surface area contributed by atoms with E-state index in [0.29, 0.717) is 24.6 Å². The maximum atomic E-state index is 11.7. The summed E-state index contributed by atoms with van der Waals surface area (Å²) < 4.78 is 0. The number of aliphatic carboxylic acids is 1. The van der Waals surface area contributed by atoms with Gasteiger partial charge in [0.2, 0.25) is 5.91 Å². The number of hydrogen-bond donors (Lipinski definition) is 2. The molecule has 1 atom stereocenters. The smallest absolute Gasteiger partial charge is 0.303 e. The molecule has 1 rings (SSSR count). The van der Waals surface area contributed by atoms with Crippen molar-refractivity contribution in [3.8, 4) is 0 Å². The standard InChI is InChI=1S/C16H23NO3S/c1-2-13(8-9-16(19)20)10-11-17-15(18)12-21-14-6-4-3-5-7-14/h3-7,13H,2,8-12H2,1H3,(H,17,18)(H,19,20). The Balaban J connectivity index is 2.16. The molecule has 116 valence electrons. The normalized spacial score (nSPS) is 11.9. The van der Waals surface area contributed by atoms with Gasteiger partial charge in [-0.05, 0) is 30.9 Å². The second-order valence-electron chi connectivity index (χ2n) is 4.95. The van der Waals surface area contributed by atoms with Crippen LogP contribution < -0.4 is 5.32 Å². The molecule has 0 radical (unpaired) electrons. The van der Waals surface area contributed by atoms with E-state index in [0.717, 1.165) is 17.7 Å². The van der Waals surface area contributed by atoms with Gasteiger partial charge in [0.25, 0.3) is 0 Å². The number of amides is 1. The lowest BCUT2D eigenvalue weighted by molar-refractivity contribution is -0.137. The van der Waals surface area contributed by atoms with Crippen LogP contribution in [0.1, 0.15) is 32.6 Å². The van der Waals surface area contributed by atoms with Crippen LogP contribution in [-0.2, 0) is 9.59 Å². The topological polar surface area (TPSA) is 66.4 Å². The van der Waals surface area contributed by atoms with Crippen LogP contribution in [0.4, 0.5) is 0 Å². The summed E-state index contributed by atoms with van der Waals surface area (Å²) in [6, 6.07) is 9.82. The third kappa shape index (κ3) is 8.40. The molecule has 1 aromatic carbocycles. The van der Waals surface area contributed by atoms with E-state index < -0.39 is 5.97 Å². The lowest BCUT2D eigenvalue weighted by atomic mass is 9.97. The first-order chi connectivity index (χ1) is 10.1. The van der Waals surface area contributed by atoms with Gasteiger partial charge in [-0.25, -0.2) is 0 Å². The number of hydrogen-bond acceptors (Lipinski definition) is 3. The van der Waals surface area contributed by atoms with Gasteiger partial charge in [-0.15, -0.1) is 11.8 Å². The van der Waals surface area contributed by atoms with E-state index in [4.69, 9.17) is 5.11 Å². The lowest BCUT2D eigenvalue weighted by Crippen LogP contribution is -2.27. The summed E-state index contributed by atoms with van der Waals surface area (Å²) in [6.45, 7) is 2.67. The minimum atomic E-state index is -0.753. The Morgan fingerprint density at radius 2 is 1.95 bits per heavy atom. The number of carbonyl (C=O) groups is 2. The molecule has 21 heavy (non-hydrogen) atoms. The molecule has 0 aromatic heterocycles. The van der Waals surface area contributed by atoms with Crippen LogP contribution in [0.3, 0.4) is 0 Å². The molecular weight excluding hydrogens is 286 g/mol. The van der Waals surface area contributed by atoms with Crippen molar-refractivity contribution < 1.29 is 14.7 Å². The zero-order chi connectivity index (χ0) is 15.5. The van der Waals surface area contributed by atoms with E-state index in [1.165, 1.54) is 11.8 Å². The quantitative estimate of drug-likeness (QED) is 0.651. The van der Waals surface area contributed by atoms with E-state index in [9.17, 15) is 9.59 Å². The molecule has 0 saturated carbocycles. The molecule has 0 aliphatic rings. The first kappa shape index (κ1) is 17.6. The fraction of sp³-hybridized carbons (Fsp3) is 0.500. The largest absolute Gasteiger partial charge is 0.481 e. The summed E-state index contributed by atoms with van der Waals surface area (Å²) in [5.41, 5.74) is 0. The highest BCUT2D eigenvalue weighted by atomic mass is 32.2. The lowest BCUT2D eigenvalue weighted by Gasteiger charge is -2.14. The van der Waals surface area contributed by atoms with E-state index in [2.05, 4.69) is 12.2 Å². The molecule has 0 saturated heterocycles. The van der Waals surface area contributed by atoms with E-state index >= 15 is 0 Å². The van der Waals surface area contributed by atoms with Crippen molar-refractivity contribution in [1.29, 1.82) is 0 Å². The van der Waals surface area contributed by atoms with Crippen LogP contribution in [0.2, 0.25) is 0 Å². The molecular formula is C16H23NO3S. The molecule has 2 N–H and O–H groups in total. The van der Waals surface area contributed by atoms with Crippen LogP contribution >= 0.6 is 11.8 Å². The fourth-order valence-corrected chi connectivity index (χ4v) is 2.76. The zero-order valence-electron chi connectivity index (χ0n) is 12.4. The summed E-state index contributed by atoms with van der Waals surface area (Å²) in [6.07, 6.45) is 2.67. The third-order valence-corrected chi connectivity index (χ3v) is 4.34. The average Bonchev–Trinajstić information content (AvgIpc) is 2.49. The summed E-state index contributed by atoms with van der Waals surface area (Å²) in [7, 11) is 0. The van der Waals surface area contributed by atoms with Crippen LogP contribution in [0.5, 0.6) is 0 Å². The van der Waals surface area contributed by atoms with Crippen molar-refractivity contribution in [1.82, 2.24) is 5.32 Å². The number of thioether (sulfide) groups is 1. The molecule has 0 aliphatic heterocycles. The Bertz CT molecular complexity index is 436. The molecule has 1 aromatic rings. The summed E-state index contributed by atoms with van der Waals surface area (Å²) in [5.74, 6) is 0.0486. The fourth-order valence-electron chi connectivity index (χ4n) is 2.01. The molecule has 0 fully saturated rings. The van der Waals surface area contributed by atoms with Gasteiger partial charge < -0.3 is 10.4 Å². The van der Waals surface area contributed by atoms with Gasteiger partial charge in [0.1, 0.15) is 0 Å². The van der Waals surface area contributed by atoms with E-state index in [1.807, 2.05) is 30.3 Å². The predicted octanol–water partition coefficient (Wildman–Crippen LogP) is 3.18. The Hall–Kier alpha value is -1.49. The Kier molecular flexibility index (Phi) is 8.59. The van der Waals surface area contributed by atoms with Gasteiger partial charge in [0, 0.05) is 17.9 Å². The van der Waals surface area contributed by atoms with Crippen molar-refractivity contribution in [2.24, 2.45) is 5.92 Å². The maximum Gasteiger partial charge on any atom is 0.303 e.